The van der Waals surface area contributed by atoms with Gasteiger partial charge in [0.25, 0.3) is 0 Å². The first-order valence-electron chi connectivity index (χ1n) is 5.68. The first-order chi connectivity index (χ1) is 8.02. The lowest BCUT2D eigenvalue weighted by Crippen LogP contribution is -2.32. The second-order valence-electron chi connectivity index (χ2n) is 4.00. The Morgan fingerprint density at radius 2 is 1.88 bits per heavy atom. The predicted octanol–water partition coefficient (Wildman–Crippen LogP) is 1.78. The quantitative estimate of drug-likeness (QED) is 0.758. The van der Waals surface area contributed by atoms with Gasteiger partial charge in [0.2, 0.25) is 10.0 Å². The molecular formula is C12H19NO3S. The zero-order valence-electron chi connectivity index (χ0n) is 10.2. The number of hydrogen-bond acceptors (Lipinski definition) is 3. The summed E-state index contributed by atoms with van der Waals surface area (Å²) in [5.41, 5.74) is 0. The summed E-state index contributed by atoms with van der Waals surface area (Å²) in [7, 11) is -3.15. The summed E-state index contributed by atoms with van der Waals surface area (Å²) >= 11 is 0. The molecule has 1 N–H and O–H groups in total. The molecule has 0 aliphatic rings. The summed E-state index contributed by atoms with van der Waals surface area (Å²) in [6, 6.07) is 9.47. The third kappa shape index (κ3) is 5.19. The molecule has 0 heterocycles. The van der Waals surface area contributed by atoms with E-state index in [0.717, 1.165) is 5.75 Å². The maximum absolute atomic E-state index is 11.4. The Kier molecular flexibility index (Phi) is 5.44. The SMILES string of the molecule is CC(C)S(=O)(=O)NCCCOc1ccccc1. The number of ether oxygens (including phenoxy) is 1. The highest BCUT2D eigenvalue weighted by Gasteiger charge is 2.13. The monoisotopic (exact) mass is 257 g/mol. The minimum Gasteiger partial charge on any atom is -0.494 e. The van der Waals surface area contributed by atoms with E-state index in [9.17, 15) is 8.42 Å². The molecule has 17 heavy (non-hydrogen) atoms. The fourth-order valence-corrected chi connectivity index (χ4v) is 1.92. The molecule has 0 amide bonds. The summed E-state index contributed by atoms with van der Waals surface area (Å²) in [6.45, 7) is 4.23. The summed E-state index contributed by atoms with van der Waals surface area (Å²) in [5.74, 6) is 0.805. The van der Waals surface area contributed by atoms with E-state index in [4.69, 9.17) is 4.74 Å². The molecule has 0 fully saturated rings. The molecule has 5 heteroatoms. The Bertz CT molecular complexity index is 415. The van der Waals surface area contributed by atoms with Crippen LogP contribution in [0.25, 0.3) is 0 Å². The van der Waals surface area contributed by atoms with Gasteiger partial charge in [0.05, 0.1) is 11.9 Å². The number of benzene rings is 1. The fraction of sp³-hybridized carbons (Fsp3) is 0.500. The van der Waals surface area contributed by atoms with Crippen molar-refractivity contribution in [3.8, 4) is 5.75 Å². The van der Waals surface area contributed by atoms with Crippen LogP contribution in [0.1, 0.15) is 20.3 Å². The van der Waals surface area contributed by atoms with Crippen molar-refractivity contribution in [1.29, 1.82) is 0 Å². The van der Waals surface area contributed by atoms with Crippen molar-refractivity contribution in [1.82, 2.24) is 4.72 Å². The molecule has 1 aromatic carbocycles. The highest BCUT2D eigenvalue weighted by Crippen LogP contribution is 2.08. The molecular weight excluding hydrogens is 238 g/mol. The first kappa shape index (κ1) is 14.0. The molecule has 0 bridgehead atoms. The number of para-hydroxylation sites is 1. The highest BCUT2D eigenvalue weighted by atomic mass is 32.2. The second kappa shape index (κ2) is 6.61. The van der Waals surface area contributed by atoms with Gasteiger partial charge < -0.3 is 4.74 Å². The summed E-state index contributed by atoms with van der Waals surface area (Å²) in [6.07, 6.45) is 0.654. The Balaban J connectivity index is 2.18. The molecule has 0 radical (unpaired) electrons. The summed E-state index contributed by atoms with van der Waals surface area (Å²) in [5, 5.41) is -0.391. The average Bonchev–Trinajstić information content (AvgIpc) is 2.29. The summed E-state index contributed by atoms with van der Waals surface area (Å²) in [4.78, 5) is 0. The zero-order valence-corrected chi connectivity index (χ0v) is 11.0. The Labute approximate surface area is 103 Å². The third-order valence-corrected chi connectivity index (χ3v) is 4.10. The van der Waals surface area contributed by atoms with Crippen molar-refractivity contribution >= 4 is 10.0 Å². The molecule has 1 rings (SSSR count). The van der Waals surface area contributed by atoms with Crippen LogP contribution < -0.4 is 9.46 Å². The van der Waals surface area contributed by atoms with Gasteiger partial charge in [0.15, 0.2) is 0 Å². The van der Waals surface area contributed by atoms with E-state index >= 15 is 0 Å². The van der Waals surface area contributed by atoms with Crippen molar-refractivity contribution < 1.29 is 13.2 Å². The standard InChI is InChI=1S/C12H19NO3S/c1-11(2)17(14,15)13-9-6-10-16-12-7-4-3-5-8-12/h3-5,7-8,11,13H,6,9-10H2,1-2H3. The van der Waals surface area contributed by atoms with Crippen LogP contribution in [0.5, 0.6) is 5.75 Å². The van der Waals surface area contributed by atoms with Gasteiger partial charge in [0.1, 0.15) is 5.75 Å². The normalized spacial score (nSPS) is 11.7. The Hall–Kier alpha value is -1.07. The van der Waals surface area contributed by atoms with E-state index in [0.29, 0.717) is 19.6 Å². The minimum atomic E-state index is -3.15. The van der Waals surface area contributed by atoms with Gasteiger partial charge in [-0.1, -0.05) is 18.2 Å². The van der Waals surface area contributed by atoms with E-state index < -0.39 is 15.3 Å². The molecule has 1 aromatic rings. The molecule has 0 aliphatic heterocycles. The van der Waals surface area contributed by atoms with Gasteiger partial charge in [-0.2, -0.15) is 0 Å². The van der Waals surface area contributed by atoms with Gasteiger partial charge in [-0.25, -0.2) is 13.1 Å². The Morgan fingerprint density at radius 1 is 1.24 bits per heavy atom. The van der Waals surface area contributed by atoms with Crippen LogP contribution in [0.2, 0.25) is 0 Å². The van der Waals surface area contributed by atoms with Crippen LogP contribution in [-0.2, 0) is 10.0 Å². The molecule has 0 aromatic heterocycles. The van der Waals surface area contributed by atoms with Crippen LogP contribution >= 0.6 is 0 Å². The number of hydrogen-bond donors (Lipinski definition) is 1. The van der Waals surface area contributed by atoms with Crippen molar-refractivity contribution in [2.24, 2.45) is 0 Å². The lowest BCUT2D eigenvalue weighted by Gasteiger charge is -2.09. The number of rotatable bonds is 7. The molecule has 0 spiro atoms. The maximum Gasteiger partial charge on any atom is 0.213 e. The van der Waals surface area contributed by atoms with Crippen molar-refractivity contribution in [3.63, 3.8) is 0 Å². The van der Waals surface area contributed by atoms with Gasteiger partial charge >= 0.3 is 0 Å². The first-order valence-corrected chi connectivity index (χ1v) is 7.23. The fourth-order valence-electron chi connectivity index (χ4n) is 1.16. The smallest absolute Gasteiger partial charge is 0.213 e. The topological polar surface area (TPSA) is 55.4 Å². The van der Waals surface area contributed by atoms with Gasteiger partial charge in [-0.15, -0.1) is 0 Å². The number of sulfonamides is 1. The van der Waals surface area contributed by atoms with Crippen LogP contribution in [0.3, 0.4) is 0 Å². The highest BCUT2D eigenvalue weighted by molar-refractivity contribution is 7.90. The van der Waals surface area contributed by atoms with E-state index in [1.54, 1.807) is 13.8 Å². The van der Waals surface area contributed by atoms with Gasteiger partial charge in [-0.05, 0) is 32.4 Å². The van der Waals surface area contributed by atoms with Crippen molar-refractivity contribution in [2.45, 2.75) is 25.5 Å². The molecule has 0 aliphatic carbocycles. The van der Waals surface area contributed by atoms with E-state index in [-0.39, 0.29) is 0 Å². The molecule has 0 saturated heterocycles. The van der Waals surface area contributed by atoms with Crippen LogP contribution in [-0.4, -0.2) is 26.8 Å². The van der Waals surface area contributed by atoms with Gasteiger partial charge in [0, 0.05) is 6.54 Å². The molecule has 4 nitrogen and oxygen atoms in total. The lowest BCUT2D eigenvalue weighted by atomic mass is 10.3. The molecule has 0 saturated carbocycles. The second-order valence-corrected chi connectivity index (χ2v) is 6.32. The Morgan fingerprint density at radius 3 is 2.47 bits per heavy atom. The van der Waals surface area contributed by atoms with Crippen molar-refractivity contribution in [3.05, 3.63) is 30.3 Å². The van der Waals surface area contributed by atoms with Crippen LogP contribution in [0.15, 0.2) is 30.3 Å². The largest absolute Gasteiger partial charge is 0.494 e. The van der Waals surface area contributed by atoms with Crippen LogP contribution in [0.4, 0.5) is 0 Å². The van der Waals surface area contributed by atoms with Crippen LogP contribution in [0, 0.1) is 0 Å². The van der Waals surface area contributed by atoms with Gasteiger partial charge in [-0.3, -0.25) is 0 Å². The number of nitrogens with one attached hydrogen (secondary N) is 1. The lowest BCUT2D eigenvalue weighted by molar-refractivity contribution is 0.311. The predicted molar refractivity (Wildman–Crippen MR) is 68.6 cm³/mol. The average molecular weight is 257 g/mol. The zero-order chi connectivity index (χ0) is 12.7. The molecule has 96 valence electrons. The van der Waals surface area contributed by atoms with E-state index in [1.165, 1.54) is 0 Å². The molecule has 0 unspecified atom stereocenters. The van der Waals surface area contributed by atoms with E-state index in [2.05, 4.69) is 4.72 Å². The minimum absolute atomic E-state index is 0.391. The van der Waals surface area contributed by atoms with E-state index in [1.807, 2.05) is 30.3 Å². The third-order valence-electron chi connectivity index (χ3n) is 2.26. The maximum atomic E-state index is 11.4. The molecule has 0 atom stereocenters. The summed E-state index contributed by atoms with van der Waals surface area (Å²) < 4.78 is 30.8. The van der Waals surface area contributed by atoms with Crippen molar-refractivity contribution in [2.75, 3.05) is 13.2 Å².